The number of sulfonamides is 1. The normalized spacial score (nSPS) is 12.1. The van der Waals surface area contributed by atoms with Gasteiger partial charge in [-0.3, -0.25) is 4.72 Å². The molecular weight excluding hydrogens is 406 g/mol. The number of methoxy groups -OCH3 is 1. The molecule has 0 aliphatic carbocycles. The summed E-state index contributed by atoms with van der Waals surface area (Å²) in [6, 6.07) is 4.21. The van der Waals surface area contributed by atoms with Gasteiger partial charge in [-0.15, -0.1) is 0 Å². The SMILES string of the molecule is COc1c(Cl)cc(S(=O)(=O)Nc2ccc(C(F)(F)F)c(O)c2)cc1Cl. The number of alkyl halides is 3. The highest BCUT2D eigenvalue weighted by Crippen LogP contribution is 2.38. The molecule has 2 rings (SSSR count). The summed E-state index contributed by atoms with van der Waals surface area (Å²) in [5, 5.41) is 9.31. The Morgan fingerprint density at radius 1 is 1.12 bits per heavy atom. The molecule has 11 heteroatoms. The van der Waals surface area contributed by atoms with Crippen LogP contribution in [-0.2, 0) is 16.2 Å². The van der Waals surface area contributed by atoms with Crippen LogP contribution in [0.4, 0.5) is 18.9 Å². The van der Waals surface area contributed by atoms with Gasteiger partial charge in [0.1, 0.15) is 5.75 Å². The van der Waals surface area contributed by atoms with Gasteiger partial charge < -0.3 is 9.84 Å². The average molecular weight is 416 g/mol. The number of halogens is 5. The van der Waals surface area contributed by atoms with E-state index in [0.29, 0.717) is 12.1 Å². The van der Waals surface area contributed by atoms with Gasteiger partial charge in [-0.25, -0.2) is 8.42 Å². The maximum atomic E-state index is 12.6. The van der Waals surface area contributed by atoms with Gasteiger partial charge in [0.25, 0.3) is 10.0 Å². The minimum absolute atomic E-state index is 0.0642. The van der Waals surface area contributed by atoms with E-state index in [0.717, 1.165) is 18.2 Å². The van der Waals surface area contributed by atoms with Gasteiger partial charge in [-0.05, 0) is 24.3 Å². The predicted molar refractivity (Wildman–Crippen MR) is 86.9 cm³/mol. The van der Waals surface area contributed by atoms with Crippen LogP contribution in [0.1, 0.15) is 5.56 Å². The second kappa shape index (κ2) is 6.81. The van der Waals surface area contributed by atoms with Crippen LogP contribution >= 0.6 is 23.2 Å². The van der Waals surface area contributed by atoms with E-state index in [9.17, 15) is 26.7 Å². The molecule has 0 saturated heterocycles. The second-order valence-electron chi connectivity index (χ2n) is 4.76. The van der Waals surface area contributed by atoms with E-state index in [-0.39, 0.29) is 26.4 Å². The zero-order chi connectivity index (χ0) is 19.0. The maximum absolute atomic E-state index is 12.6. The monoisotopic (exact) mass is 415 g/mol. The fourth-order valence-corrected chi connectivity index (χ4v) is 3.81. The molecule has 0 aliphatic heterocycles. The topological polar surface area (TPSA) is 75.6 Å². The van der Waals surface area contributed by atoms with Crippen LogP contribution in [0.5, 0.6) is 11.5 Å². The van der Waals surface area contributed by atoms with Crippen LogP contribution in [0.2, 0.25) is 10.0 Å². The molecule has 0 atom stereocenters. The van der Waals surface area contributed by atoms with E-state index in [1.54, 1.807) is 0 Å². The van der Waals surface area contributed by atoms with Crippen LogP contribution in [0, 0.1) is 0 Å². The fraction of sp³-hybridized carbons (Fsp3) is 0.143. The summed E-state index contributed by atoms with van der Waals surface area (Å²) >= 11 is 11.7. The Kier molecular flexibility index (Phi) is 5.31. The summed E-state index contributed by atoms with van der Waals surface area (Å²) in [4.78, 5) is -0.331. The maximum Gasteiger partial charge on any atom is 0.419 e. The van der Waals surface area contributed by atoms with E-state index < -0.39 is 27.5 Å². The minimum Gasteiger partial charge on any atom is -0.507 e. The molecule has 0 unspecified atom stereocenters. The van der Waals surface area contributed by atoms with E-state index in [1.165, 1.54) is 7.11 Å². The number of phenols is 1. The van der Waals surface area contributed by atoms with E-state index >= 15 is 0 Å². The first-order valence-electron chi connectivity index (χ1n) is 6.42. The van der Waals surface area contributed by atoms with E-state index in [2.05, 4.69) is 0 Å². The van der Waals surface area contributed by atoms with Crippen molar-refractivity contribution in [1.82, 2.24) is 0 Å². The highest BCUT2D eigenvalue weighted by molar-refractivity contribution is 7.92. The van der Waals surface area contributed by atoms with Crippen LogP contribution < -0.4 is 9.46 Å². The summed E-state index contributed by atoms with van der Waals surface area (Å²) in [5.41, 5.74) is -1.56. The van der Waals surface area contributed by atoms with Gasteiger partial charge in [0.05, 0.1) is 33.3 Å². The van der Waals surface area contributed by atoms with Crippen molar-refractivity contribution in [2.24, 2.45) is 0 Å². The standard InChI is InChI=1S/C14H10Cl2F3NO4S/c1-24-13-10(15)5-8(6-11(13)16)25(22,23)20-7-2-3-9(12(21)4-7)14(17,18)19/h2-6,20-21H,1H3. The number of anilines is 1. The Hall–Kier alpha value is -1.84. The molecule has 5 nitrogen and oxygen atoms in total. The third-order valence-electron chi connectivity index (χ3n) is 3.04. The summed E-state index contributed by atoms with van der Waals surface area (Å²) in [6.45, 7) is 0. The highest BCUT2D eigenvalue weighted by Gasteiger charge is 2.34. The minimum atomic E-state index is -4.77. The number of benzene rings is 2. The van der Waals surface area contributed by atoms with E-state index in [4.69, 9.17) is 27.9 Å². The lowest BCUT2D eigenvalue weighted by molar-refractivity contribution is -0.138. The Bertz CT molecular complexity index is 894. The molecule has 2 aromatic rings. The number of nitrogens with one attached hydrogen (secondary N) is 1. The van der Waals surface area contributed by atoms with E-state index in [1.807, 2.05) is 4.72 Å². The average Bonchev–Trinajstić information content (AvgIpc) is 2.45. The molecule has 25 heavy (non-hydrogen) atoms. The Morgan fingerprint density at radius 2 is 1.68 bits per heavy atom. The molecule has 0 aliphatic rings. The van der Waals surface area contributed by atoms with Crippen LogP contribution in [0.15, 0.2) is 35.2 Å². The third kappa shape index (κ3) is 4.23. The molecular formula is C14H10Cl2F3NO4S. The van der Waals surface area contributed by atoms with Gasteiger partial charge in [-0.2, -0.15) is 13.2 Å². The van der Waals surface area contributed by atoms with Crippen LogP contribution in [0.25, 0.3) is 0 Å². The van der Waals surface area contributed by atoms with Crippen molar-refractivity contribution in [3.05, 3.63) is 45.9 Å². The number of aromatic hydroxyl groups is 1. The predicted octanol–water partition coefficient (Wildman–Crippen LogP) is 4.53. The molecule has 0 aromatic heterocycles. The van der Waals surface area contributed by atoms with Gasteiger partial charge in [0.15, 0.2) is 5.75 Å². The molecule has 0 spiro atoms. The number of ether oxygens (including phenoxy) is 1. The fourth-order valence-electron chi connectivity index (χ4n) is 1.94. The van der Waals surface area contributed by atoms with Gasteiger partial charge in [0, 0.05) is 6.07 Å². The molecule has 0 bridgehead atoms. The van der Waals surface area contributed by atoms with Crippen molar-refractivity contribution in [2.75, 3.05) is 11.8 Å². The van der Waals surface area contributed by atoms with Crippen LogP contribution in [-0.4, -0.2) is 20.6 Å². The lowest BCUT2D eigenvalue weighted by atomic mass is 10.2. The Morgan fingerprint density at radius 3 is 2.12 bits per heavy atom. The van der Waals surface area contributed by atoms with Crippen LogP contribution in [0.3, 0.4) is 0 Å². The van der Waals surface area contributed by atoms with Gasteiger partial charge in [-0.1, -0.05) is 23.2 Å². The molecule has 0 amide bonds. The van der Waals surface area contributed by atoms with Crippen molar-refractivity contribution >= 4 is 38.9 Å². The van der Waals surface area contributed by atoms with Crippen molar-refractivity contribution in [3.63, 3.8) is 0 Å². The number of hydrogen-bond acceptors (Lipinski definition) is 4. The van der Waals surface area contributed by atoms with Gasteiger partial charge >= 0.3 is 6.18 Å². The largest absolute Gasteiger partial charge is 0.507 e. The van der Waals surface area contributed by atoms with Crippen molar-refractivity contribution in [1.29, 1.82) is 0 Å². The molecule has 0 saturated carbocycles. The van der Waals surface area contributed by atoms with Crippen molar-refractivity contribution in [3.8, 4) is 11.5 Å². The lowest BCUT2D eigenvalue weighted by Crippen LogP contribution is -2.13. The Balaban J connectivity index is 2.38. The highest BCUT2D eigenvalue weighted by atomic mass is 35.5. The summed E-state index contributed by atoms with van der Waals surface area (Å²) in [6.07, 6.45) is -4.77. The first-order valence-corrected chi connectivity index (χ1v) is 8.65. The number of hydrogen-bond donors (Lipinski definition) is 2. The van der Waals surface area contributed by atoms with Crippen molar-refractivity contribution in [2.45, 2.75) is 11.1 Å². The van der Waals surface area contributed by atoms with Gasteiger partial charge in [0.2, 0.25) is 0 Å². The molecule has 0 fully saturated rings. The summed E-state index contributed by atoms with van der Waals surface area (Å²) in [7, 11) is -2.92. The quantitative estimate of drug-likeness (QED) is 0.768. The lowest BCUT2D eigenvalue weighted by Gasteiger charge is -2.13. The summed E-state index contributed by atoms with van der Waals surface area (Å²) < 4.78 is 69.4. The first-order chi connectivity index (χ1) is 11.5. The first kappa shape index (κ1) is 19.5. The number of phenolic OH excluding ortho intramolecular Hbond substituents is 1. The third-order valence-corrected chi connectivity index (χ3v) is 4.96. The Labute approximate surface area is 151 Å². The molecule has 0 heterocycles. The zero-order valence-electron chi connectivity index (χ0n) is 12.4. The number of rotatable bonds is 4. The summed E-state index contributed by atoms with van der Waals surface area (Å²) in [5.74, 6) is -1.03. The smallest absolute Gasteiger partial charge is 0.419 e. The second-order valence-corrected chi connectivity index (χ2v) is 7.25. The molecule has 136 valence electrons. The molecule has 2 N–H and O–H groups in total. The van der Waals surface area contributed by atoms with Crippen molar-refractivity contribution < 1.29 is 31.4 Å². The molecule has 0 radical (unpaired) electrons. The molecule has 2 aromatic carbocycles. The zero-order valence-corrected chi connectivity index (χ0v) is 14.7.